The highest BCUT2D eigenvalue weighted by atomic mass is 35.5. The van der Waals surface area contributed by atoms with Crippen LogP contribution in [0.1, 0.15) is 11.1 Å². The fourth-order valence-corrected chi connectivity index (χ4v) is 1.73. The molecule has 0 radical (unpaired) electrons. The first-order valence-electron chi connectivity index (χ1n) is 5.49. The maximum atomic E-state index is 13.1. The molecular formula is C14H13ClFNO. The fraction of sp³-hybridized carbons (Fsp3) is 0.143. The van der Waals surface area contributed by atoms with Gasteiger partial charge >= 0.3 is 0 Å². The van der Waals surface area contributed by atoms with Crippen LogP contribution in [0, 0.1) is 12.7 Å². The van der Waals surface area contributed by atoms with Crippen molar-refractivity contribution in [2.45, 2.75) is 13.5 Å². The second-order valence-corrected chi connectivity index (χ2v) is 4.45. The SMILES string of the molecule is Cc1cc(OCc2cc(F)ccc2Cl)ccc1N. The lowest BCUT2D eigenvalue weighted by atomic mass is 10.2. The van der Waals surface area contributed by atoms with E-state index in [-0.39, 0.29) is 12.4 Å². The number of nitrogens with two attached hydrogens (primary N) is 1. The van der Waals surface area contributed by atoms with E-state index in [4.69, 9.17) is 22.1 Å². The highest BCUT2D eigenvalue weighted by molar-refractivity contribution is 6.31. The molecule has 0 unspecified atom stereocenters. The van der Waals surface area contributed by atoms with Crippen LogP contribution in [0.25, 0.3) is 0 Å². The zero-order valence-electron chi connectivity index (χ0n) is 9.91. The molecule has 4 heteroatoms. The molecule has 0 amide bonds. The van der Waals surface area contributed by atoms with Gasteiger partial charge in [0.15, 0.2) is 0 Å². The Morgan fingerprint density at radius 3 is 2.72 bits per heavy atom. The number of anilines is 1. The van der Waals surface area contributed by atoms with E-state index in [9.17, 15) is 4.39 Å². The Bertz CT molecular complexity index is 572. The van der Waals surface area contributed by atoms with Gasteiger partial charge in [-0.15, -0.1) is 0 Å². The summed E-state index contributed by atoms with van der Waals surface area (Å²) in [6, 6.07) is 9.59. The molecule has 0 heterocycles. The van der Waals surface area contributed by atoms with E-state index in [2.05, 4.69) is 0 Å². The molecule has 94 valence electrons. The normalized spacial score (nSPS) is 10.4. The molecule has 2 N–H and O–H groups in total. The summed E-state index contributed by atoms with van der Waals surface area (Å²) in [5.41, 5.74) is 7.99. The molecule has 18 heavy (non-hydrogen) atoms. The number of hydrogen-bond acceptors (Lipinski definition) is 2. The first-order valence-corrected chi connectivity index (χ1v) is 5.87. The molecule has 0 fully saturated rings. The van der Waals surface area contributed by atoms with Crippen molar-refractivity contribution in [2.24, 2.45) is 0 Å². The highest BCUT2D eigenvalue weighted by Gasteiger charge is 2.04. The molecule has 0 saturated heterocycles. The third-order valence-electron chi connectivity index (χ3n) is 2.64. The van der Waals surface area contributed by atoms with E-state index in [1.54, 1.807) is 12.1 Å². The minimum atomic E-state index is -0.327. The molecular weight excluding hydrogens is 253 g/mol. The van der Waals surface area contributed by atoms with Gasteiger partial charge in [-0.2, -0.15) is 0 Å². The number of rotatable bonds is 3. The van der Waals surface area contributed by atoms with Crippen LogP contribution in [0.2, 0.25) is 5.02 Å². The maximum absolute atomic E-state index is 13.1. The van der Waals surface area contributed by atoms with Gasteiger partial charge in [-0.1, -0.05) is 11.6 Å². The van der Waals surface area contributed by atoms with Crippen molar-refractivity contribution in [3.63, 3.8) is 0 Å². The zero-order valence-corrected chi connectivity index (χ0v) is 10.7. The number of halogens is 2. The summed E-state index contributed by atoms with van der Waals surface area (Å²) in [7, 11) is 0. The predicted octanol–water partition coefficient (Wildman–Crippen LogP) is 3.95. The number of benzene rings is 2. The summed E-state index contributed by atoms with van der Waals surface area (Å²) in [6.45, 7) is 2.12. The van der Waals surface area contributed by atoms with Gasteiger partial charge in [-0.05, 0) is 48.9 Å². The molecule has 0 bridgehead atoms. The second-order valence-electron chi connectivity index (χ2n) is 4.04. The lowest BCUT2D eigenvalue weighted by molar-refractivity contribution is 0.305. The van der Waals surface area contributed by atoms with E-state index in [1.807, 2.05) is 13.0 Å². The average molecular weight is 266 g/mol. The van der Waals surface area contributed by atoms with Gasteiger partial charge in [0, 0.05) is 16.3 Å². The average Bonchev–Trinajstić information content (AvgIpc) is 2.34. The summed E-state index contributed by atoms with van der Waals surface area (Å²) in [5.74, 6) is 0.355. The van der Waals surface area contributed by atoms with Crippen LogP contribution in [0.4, 0.5) is 10.1 Å². The van der Waals surface area contributed by atoms with Crippen LogP contribution in [0.5, 0.6) is 5.75 Å². The van der Waals surface area contributed by atoms with Crippen LogP contribution >= 0.6 is 11.6 Å². The van der Waals surface area contributed by atoms with Crippen molar-refractivity contribution >= 4 is 17.3 Å². The maximum Gasteiger partial charge on any atom is 0.123 e. The molecule has 2 aromatic rings. The molecule has 0 aliphatic rings. The van der Waals surface area contributed by atoms with Gasteiger partial charge in [0.25, 0.3) is 0 Å². The molecule has 0 aliphatic carbocycles. The van der Waals surface area contributed by atoms with Gasteiger partial charge in [-0.3, -0.25) is 0 Å². The van der Waals surface area contributed by atoms with Crippen molar-refractivity contribution in [3.8, 4) is 5.75 Å². The van der Waals surface area contributed by atoms with Gasteiger partial charge in [-0.25, -0.2) is 4.39 Å². The standard InChI is InChI=1S/C14H13ClFNO/c1-9-6-12(3-5-14(9)17)18-8-10-7-11(16)2-4-13(10)15/h2-7H,8,17H2,1H3. The molecule has 0 aliphatic heterocycles. The molecule has 2 aromatic carbocycles. The first-order chi connectivity index (χ1) is 8.56. The van der Waals surface area contributed by atoms with Crippen LogP contribution in [0.15, 0.2) is 36.4 Å². The van der Waals surface area contributed by atoms with Crippen molar-refractivity contribution in [1.29, 1.82) is 0 Å². The summed E-state index contributed by atoms with van der Waals surface area (Å²) < 4.78 is 18.6. The minimum absolute atomic E-state index is 0.222. The van der Waals surface area contributed by atoms with Gasteiger partial charge < -0.3 is 10.5 Å². The van der Waals surface area contributed by atoms with Crippen molar-refractivity contribution in [2.75, 3.05) is 5.73 Å². The smallest absolute Gasteiger partial charge is 0.123 e. The topological polar surface area (TPSA) is 35.2 Å². The lowest BCUT2D eigenvalue weighted by Crippen LogP contribution is -1.98. The van der Waals surface area contributed by atoms with Crippen LogP contribution in [-0.2, 0) is 6.61 Å². The number of hydrogen-bond donors (Lipinski definition) is 1. The van der Waals surface area contributed by atoms with Crippen LogP contribution < -0.4 is 10.5 Å². The predicted molar refractivity (Wildman–Crippen MR) is 71.3 cm³/mol. The lowest BCUT2D eigenvalue weighted by Gasteiger charge is -2.09. The first kappa shape index (κ1) is 12.7. The van der Waals surface area contributed by atoms with Crippen molar-refractivity contribution < 1.29 is 9.13 Å². The monoisotopic (exact) mass is 265 g/mol. The molecule has 0 atom stereocenters. The van der Waals surface area contributed by atoms with Crippen LogP contribution in [0.3, 0.4) is 0 Å². The molecule has 2 rings (SSSR count). The minimum Gasteiger partial charge on any atom is -0.489 e. The Morgan fingerprint density at radius 2 is 2.00 bits per heavy atom. The second kappa shape index (κ2) is 5.27. The molecule has 0 aromatic heterocycles. The molecule has 0 spiro atoms. The Labute approximate surface area is 110 Å². The Hall–Kier alpha value is -1.74. The summed E-state index contributed by atoms with van der Waals surface area (Å²) in [6.07, 6.45) is 0. The van der Waals surface area contributed by atoms with Gasteiger partial charge in [0.05, 0.1) is 0 Å². The Kier molecular flexibility index (Phi) is 3.72. The fourth-order valence-electron chi connectivity index (χ4n) is 1.55. The van der Waals surface area contributed by atoms with E-state index in [1.165, 1.54) is 18.2 Å². The van der Waals surface area contributed by atoms with Gasteiger partial charge in [0.1, 0.15) is 18.2 Å². The Morgan fingerprint density at radius 1 is 1.22 bits per heavy atom. The molecule has 2 nitrogen and oxygen atoms in total. The number of nitrogen functional groups attached to an aromatic ring is 1. The van der Waals surface area contributed by atoms with Crippen LogP contribution in [-0.4, -0.2) is 0 Å². The van der Waals surface area contributed by atoms with E-state index < -0.39 is 0 Å². The largest absolute Gasteiger partial charge is 0.489 e. The van der Waals surface area contributed by atoms with Crippen molar-refractivity contribution in [1.82, 2.24) is 0 Å². The number of ether oxygens (including phenoxy) is 1. The quantitative estimate of drug-likeness (QED) is 0.853. The van der Waals surface area contributed by atoms with E-state index >= 15 is 0 Å². The summed E-state index contributed by atoms with van der Waals surface area (Å²) in [4.78, 5) is 0. The molecule has 0 saturated carbocycles. The Balaban J connectivity index is 2.11. The van der Waals surface area contributed by atoms with E-state index in [0.29, 0.717) is 22.0 Å². The highest BCUT2D eigenvalue weighted by Crippen LogP contribution is 2.22. The summed E-state index contributed by atoms with van der Waals surface area (Å²) >= 11 is 5.95. The third kappa shape index (κ3) is 2.93. The van der Waals surface area contributed by atoms with E-state index in [0.717, 1.165) is 5.56 Å². The van der Waals surface area contributed by atoms with Gasteiger partial charge in [0.2, 0.25) is 0 Å². The number of aryl methyl sites for hydroxylation is 1. The third-order valence-corrected chi connectivity index (χ3v) is 3.01. The van der Waals surface area contributed by atoms with Crippen molar-refractivity contribution in [3.05, 3.63) is 58.4 Å². The zero-order chi connectivity index (χ0) is 13.1. The summed E-state index contributed by atoms with van der Waals surface area (Å²) in [5, 5.41) is 0.489.